The molecule has 1 heterocycles. The van der Waals surface area contributed by atoms with Crippen LogP contribution in [0.1, 0.15) is 23.2 Å². The van der Waals surface area contributed by atoms with Crippen molar-refractivity contribution in [3.8, 4) is 5.75 Å². The van der Waals surface area contributed by atoms with Gasteiger partial charge in [0, 0.05) is 18.2 Å². The zero-order valence-corrected chi connectivity index (χ0v) is 16.6. The molecule has 2 aromatic rings. The van der Waals surface area contributed by atoms with Gasteiger partial charge in [0.15, 0.2) is 6.61 Å². The molecule has 28 heavy (non-hydrogen) atoms. The normalized spacial score (nSPS) is 15.9. The maximum atomic E-state index is 12.5. The van der Waals surface area contributed by atoms with Gasteiger partial charge in [-0.1, -0.05) is 35.3 Å². The van der Waals surface area contributed by atoms with E-state index in [1.165, 1.54) is 6.07 Å². The smallest absolute Gasteiger partial charge is 0.262 e. The van der Waals surface area contributed by atoms with E-state index < -0.39 is 5.91 Å². The van der Waals surface area contributed by atoms with Gasteiger partial charge in [0.25, 0.3) is 11.8 Å². The summed E-state index contributed by atoms with van der Waals surface area (Å²) in [5.41, 5.74) is 0.779. The molecule has 1 atom stereocenters. The lowest BCUT2D eigenvalue weighted by molar-refractivity contribution is -0.118. The minimum atomic E-state index is -0.412. The number of hydrogen-bond donors (Lipinski definition) is 2. The first-order chi connectivity index (χ1) is 13.5. The van der Waals surface area contributed by atoms with Crippen LogP contribution in [0.3, 0.4) is 0 Å². The molecule has 8 heteroatoms. The number of carbonyl (C=O) groups excluding carboxylic acids is 2. The topological polar surface area (TPSA) is 76.7 Å². The summed E-state index contributed by atoms with van der Waals surface area (Å²) in [7, 11) is 0. The summed E-state index contributed by atoms with van der Waals surface area (Å²) in [6.07, 6.45) is 1.98. The number of anilines is 1. The average molecular weight is 423 g/mol. The number of carbonyl (C=O) groups is 2. The van der Waals surface area contributed by atoms with Crippen molar-refractivity contribution in [1.82, 2.24) is 5.32 Å². The monoisotopic (exact) mass is 422 g/mol. The molecule has 3 rings (SSSR count). The Kier molecular flexibility index (Phi) is 7.14. The number of amides is 2. The van der Waals surface area contributed by atoms with E-state index in [1.807, 2.05) is 0 Å². The summed E-state index contributed by atoms with van der Waals surface area (Å²) in [6, 6.07) is 11.5. The van der Waals surface area contributed by atoms with Crippen LogP contribution in [0.5, 0.6) is 5.75 Å². The highest BCUT2D eigenvalue weighted by molar-refractivity contribution is 6.35. The van der Waals surface area contributed by atoms with Crippen LogP contribution >= 0.6 is 23.2 Å². The number of nitrogens with one attached hydrogen (secondary N) is 2. The van der Waals surface area contributed by atoms with E-state index in [0.717, 1.165) is 19.4 Å². The summed E-state index contributed by atoms with van der Waals surface area (Å²) >= 11 is 11.9. The van der Waals surface area contributed by atoms with Crippen LogP contribution in [0, 0.1) is 0 Å². The van der Waals surface area contributed by atoms with Crippen molar-refractivity contribution in [2.45, 2.75) is 18.9 Å². The first-order valence-corrected chi connectivity index (χ1v) is 9.65. The van der Waals surface area contributed by atoms with Gasteiger partial charge in [-0.2, -0.15) is 0 Å². The van der Waals surface area contributed by atoms with Gasteiger partial charge >= 0.3 is 0 Å². The Hall–Kier alpha value is -2.28. The minimum absolute atomic E-state index is 0.0447. The fraction of sp³-hybridized carbons (Fsp3) is 0.300. The molecule has 0 aliphatic carbocycles. The van der Waals surface area contributed by atoms with E-state index >= 15 is 0 Å². The van der Waals surface area contributed by atoms with Crippen LogP contribution in [0.2, 0.25) is 10.0 Å². The summed E-state index contributed by atoms with van der Waals surface area (Å²) in [5, 5.41) is 6.33. The molecule has 1 saturated heterocycles. The van der Waals surface area contributed by atoms with E-state index in [4.69, 9.17) is 32.7 Å². The van der Waals surface area contributed by atoms with Gasteiger partial charge in [0.2, 0.25) is 0 Å². The summed E-state index contributed by atoms with van der Waals surface area (Å²) in [5.74, 6) is -0.331. The molecule has 0 radical (unpaired) electrons. The average Bonchev–Trinajstić information content (AvgIpc) is 3.19. The third-order valence-electron chi connectivity index (χ3n) is 4.21. The Bertz CT molecular complexity index is 854. The number of ether oxygens (including phenoxy) is 2. The largest absolute Gasteiger partial charge is 0.482 e. The van der Waals surface area contributed by atoms with Crippen molar-refractivity contribution in [2.24, 2.45) is 0 Å². The van der Waals surface area contributed by atoms with Crippen molar-refractivity contribution in [1.29, 1.82) is 0 Å². The highest BCUT2D eigenvalue weighted by Gasteiger charge is 2.18. The van der Waals surface area contributed by atoms with E-state index in [0.29, 0.717) is 33.6 Å². The van der Waals surface area contributed by atoms with Gasteiger partial charge in [0.05, 0.1) is 22.4 Å². The molecule has 148 valence electrons. The zero-order chi connectivity index (χ0) is 19.9. The first kappa shape index (κ1) is 20.5. The Labute approximate surface area is 173 Å². The lowest BCUT2D eigenvalue weighted by atomic mass is 10.1. The molecule has 0 bridgehead atoms. The van der Waals surface area contributed by atoms with Crippen molar-refractivity contribution >= 4 is 40.7 Å². The molecule has 0 saturated carbocycles. The highest BCUT2D eigenvalue weighted by Crippen LogP contribution is 2.27. The molecule has 2 N–H and O–H groups in total. The molecular weight excluding hydrogens is 403 g/mol. The van der Waals surface area contributed by atoms with Crippen LogP contribution in [0.4, 0.5) is 5.69 Å². The van der Waals surface area contributed by atoms with Gasteiger partial charge in [-0.3, -0.25) is 9.59 Å². The number of halogens is 2. The Morgan fingerprint density at radius 3 is 2.75 bits per heavy atom. The van der Waals surface area contributed by atoms with Crippen LogP contribution in [0.15, 0.2) is 42.5 Å². The fourth-order valence-corrected chi connectivity index (χ4v) is 3.28. The zero-order valence-electron chi connectivity index (χ0n) is 15.0. The van der Waals surface area contributed by atoms with Crippen LogP contribution in [-0.2, 0) is 9.53 Å². The fourth-order valence-electron chi connectivity index (χ4n) is 2.82. The maximum Gasteiger partial charge on any atom is 0.262 e. The summed E-state index contributed by atoms with van der Waals surface area (Å²) in [6.45, 7) is 0.914. The van der Waals surface area contributed by atoms with E-state index in [1.54, 1.807) is 36.4 Å². The second-order valence-electron chi connectivity index (χ2n) is 6.30. The van der Waals surface area contributed by atoms with Gasteiger partial charge in [0.1, 0.15) is 5.75 Å². The second kappa shape index (κ2) is 9.78. The maximum absolute atomic E-state index is 12.5. The minimum Gasteiger partial charge on any atom is -0.482 e. The molecule has 0 aromatic heterocycles. The molecule has 2 aromatic carbocycles. The quantitative estimate of drug-likeness (QED) is 0.708. The molecule has 0 spiro atoms. The molecule has 6 nitrogen and oxygen atoms in total. The second-order valence-corrected chi connectivity index (χ2v) is 7.15. The van der Waals surface area contributed by atoms with Gasteiger partial charge in [-0.05, 0) is 43.2 Å². The van der Waals surface area contributed by atoms with Crippen LogP contribution in [0.25, 0.3) is 0 Å². The molecule has 1 aliphatic rings. The Morgan fingerprint density at radius 2 is 2.00 bits per heavy atom. The number of para-hydroxylation sites is 1. The van der Waals surface area contributed by atoms with E-state index in [2.05, 4.69) is 10.6 Å². The van der Waals surface area contributed by atoms with Gasteiger partial charge in [-0.25, -0.2) is 0 Å². The SMILES string of the molecule is O=C(COc1ccc(Cl)cc1Cl)Nc1ccccc1C(=O)NCC1CCCO1. The molecule has 1 aliphatic heterocycles. The van der Waals surface area contributed by atoms with Gasteiger partial charge in [-0.15, -0.1) is 0 Å². The first-order valence-electron chi connectivity index (χ1n) is 8.89. The standard InChI is InChI=1S/C20H20Cl2N2O4/c21-13-7-8-18(16(22)10-13)28-12-19(25)24-17-6-2-1-5-15(17)20(26)23-11-14-4-3-9-27-14/h1-2,5-8,10,14H,3-4,9,11-12H2,(H,23,26)(H,24,25). The van der Waals surface area contributed by atoms with Crippen LogP contribution in [-0.4, -0.2) is 37.7 Å². The molecular formula is C20H20Cl2N2O4. The highest BCUT2D eigenvalue weighted by atomic mass is 35.5. The number of benzene rings is 2. The predicted molar refractivity (Wildman–Crippen MR) is 108 cm³/mol. The van der Waals surface area contributed by atoms with Crippen LogP contribution < -0.4 is 15.4 Å². The Morgan fingerprint density at radius 1 is 1.18 bits per heavy atom. The van der Waals surface area contributed by atoms with Crippen molar-refractivity contribution in [3.63, 3.8) is 0 Å². The van der Waals surface area contributed by atoms with Crippen molar-refractivity contribution in [3.05, 3.63) is 58.1 Å². The summed E-state index contributed by atoms with van der Waals surface area (Å²) < 4.78 is 10.9. The van der Waals surface area contributed by atoms with E-state index in [-0.39, 0.29) is 18.6 Å². The van der Waals surface area contributed by atoms with Crippen molar-refractivity contribution in [2.75, 3.05) is 25.1 Å². The third kappa shape index (κ3) is 5.61. The molecule has 2 amide bonds. The molecule has 1 unspecified atom stereocenters. The third-order valence-corrected chi connectivity index (χ3v) is 4.74. The number of rotatable bonds is 7. The Balaban J connectivity index is 1.57. The lowest BCUT2D eigenvalue weighted by Gasteiger charge is -2.14. The molecule has 1 fully saturated rings. The number of hydrogen-bond acceptors (Lipinski definition) is 4. The van der Waals surface area contributed by atoms with Gasteiger partial charge < -0.3 is 20.1 Å². The lowest BCUT2D eigenvalue weighted by Crippen LogP contribution is -2.32. The predicted octanol–water partition coefficient (Wildman–Crippen LogP) is 3.92. The van der Waals surface area contributed by atoms with E-state index in [9.17, 15) is 9.59 Å². The van der Waals surface area contributed by atoms with Crippen molar-refractivity contribution < 1.29 is 19.1 Å². The summed E-state index contributed by atoms with van der Waals surface area (Å²) in [4.78, 5) is 24.7.